The van der Waals surface area contributed by atoms with Gasteiger partial charge in [-0.05, 0) is 23.5 Å². The molecule has 19 heavy (non-hydrogen) atoms. The number of aryl methyl sites for hydroxylation is 1. The largest absolute Gasteiger partial charge is 0.481 e. The minimum atomic E-state index is -0.895. The van der Waals surface area contributed by atoms with Crippen LogP contribution in [0.4, 0.5) is 5.69 Å². The highest BCUT2D eigenvalue weighted by Gasteiger charge is 2.65. The zero-order chi connectivity index (χ0) is 14.2. The molecule has 1 aromatic rings. The summed E-state index contributed by atoms with van der Waals surface area (Å²) < 4.78 is 0. The Kier molecular flexibility index (Phi) is 3.35. The van der Waals surface area contributed by atoms with Crippen LogP contribution in [0.3, 0.4) is 0 Å². The molecule has 0 unspecified atom stereocenters. The zero-order valence-corrected chi connectivity index (χ0v) is 11.4. The molecule has 1 saturated carbocycles. The van der Waals surface area contributed by atoms with Crippen molar-refractivity contribution in [3.63, 3.8) is 0 Å². The lowest BCUT2D eigenvalue weighted by Gasteiger charge is -2.10. The maximum Gasteiger partial charge on any atom is 0.307 e. The van der Waals surface area contributed by atoms with Crippen LogP contribution in [0.2, 0.25) is 0 Å². The maximum absolute atomic E-state index is 12.2. The number of rotatable bonds is 4. The molecule has 102 valence electrons. The van der Waals surface area contributed by atoms with E-state index in [2.05, 4.69) is 5.32 Å². The van der Waals surface area contributed by atoms with Gasteiger partial charge in [-0.15, -0.1) is 0 Å². The lowest BCUT2D eigenvalue weighted by molar-refractivity contribution is -0.140. The van der Waals surface area contributed by atoms with Gasteiger partial charge in [-0.2, -0.15) is 0 Å². The fraction of sp³-hybridized carbons (Fsp3) is 0.467. The molecule has 0 bridgehead atoms. The van der Waals surface area contributed by atoms with Gasteiger partial charge in [0.05, 0.1) is 11.8 Å². The first-order valence-electron chi connectivity index (χ1n) is 6.51. The van der Waals surface area contributed by atoms with Crippen molar-refractivity contribution in [2.75, 3.05) is 5.32 Å². The Morgan fingerprint density at radius 2 is 1.89 bits per heavy atom. The minimum Gasteiger partial charge on any atom is -0.481 e. The number of carbonyl (C=O) groups excluding carboxylic acids is 1. The molecule has 4 nitrogen and oxygen atoms in total. The van der Waals surface area contributed by atoms with Crippen LogP contribution < -0.4 is 5.32 Å². The van der Waals surface area contributed by atoms with Gasteiger partial charge in [-0.3, -0.25) is 9.59 Å². The van der Waals surface area contributed by atoms with Crippen LogP contribution in [-0.4, -0.2) is 17.0 Å². The van der Waals surface area contributed by atoms with Crippen molar-refractivity contribution in [3.8, 4) is 0 Å². The minimum absolute atomic E-state index is 0.196. The number of carbonyl (C=O) groups is 2. The van der Waals surface area contributed by atoms with Gasteiger partial charge in [0.25, 0.3) is 0 Å². The molecule has 1 amide bonds. The predicted molar refractivity (Wildman–Crippen MR) is 72.8 cm³/mol. The van der Waals surface area contributed by atoms with Crippen LogP contribution in [0.25, 0.3) is 0 Å². The van der Waals surface area contributed by atoms with Gasteiger partial charge in [0.2, 0.25) is 5.91 Å². The summed E-state index contributed by atoms with van der Waals surface area (Å²) in [4.78, 5) is 23.3. The van der Waals surface area contributed by atoms with E-state index in [0.717, 1.165) is 17.7 Å². The number of carboxylic acids is 1. The Bertz CT molecular complexity index is 522. The fourth-order valence-corrected chi connectivity index (χ4v) is 2.75. The molecule has 1 aromatic carbocycles. The van der Waals surface area contributed by atoms with E-state index in [1.807, 2.05) is 45.0 Å². The first-order valence-corrected chi connectivity index (χ1v) is 6.51. The third-order valence-corrected chi connectivity index (χ3v) is 4.03. The van der Waals surface area contributed by atoms with Crippen LogP contribution in [0, 0.1) is 17.3 Å². The summed E-state index contributed by atoms with van der Waals surface area (Å²) in [6.07, 6.45) is 0.826. The average Bonchev–Trinajstić information content (AvgIpc) is 2.93. The molecule has 0 spiro atoms. The number of benzene rings is 1. The number of para-hydroxylation sites is 1. The molecule has 2 N–H and O–H groups in total. The lowest BCUT2D eigenvalue weighted by atomic mass is 10.1. The molecule has 2 atom stereocenters. The SMILES string of the molecule is CCc1ccccc1NC(=O)[C@H]1[C@@H](C(=O)O)C1(C)C. The van der Waals surface area contributed by atoms with E-state index in [4.69, 9.17) is 5.11 Å². The third kappa shape index (κ3) is 2.35. The van der Waals surface area contributed by atoms with Crippen LogP contribution in [0.15, 0.2) is 24.3 Å². The summed E-state index contributed by atoms with van der Waals surface area (Å²) in [5.74, 6) is -2.12. The Morgan fingerprint density at radius 1 is 1.26 bits per heavy atom. The van der Waals surface area contributed by atoms with Gasteiger partial charge in [0.15, 0.2) is 0 Å². The second kappa shape index (κ2) is 4.68. The number of carboxylic acid groups (broad SMARTS) is 1. The van der Waals surface area contributed by atoms with Crippen LogP contribution in [0.1, 0.15) is 26.3 Å². The average molecular weight is 261 g/mol. The van der Waals surface area contributed by atoms with Crippen molar-refractivity contribution >= 4 is 17.6 Å². The standard InChI is InChI=1S/C15H19NO3/c1-4-9-7-5-6-8-10(9)16-13(17)11-12(14(18)19)15(11,2)3/h5-8,11-12H,4H2,1-3H3,(H,16,17)(H,18,19)/t11-,12+/m1/s1. The van der Waals surface area contributed by atoms with Crippen molar-refractivity contribution < 1.29 is 14.7 Å². The van der Waals surface area contributed by atoms with E-state index in [0.29, 0.717) is 0 Å². The summed E-state index contributed by atoms with van der Waals surface area (Å²) in [6.45, 7) is 5.66. The van der Waals surface area contributed by atoms with Gasteiger partial charge in [0.1, 0.15) is 0 Å². The predicted octanol–water partition coefficient (Wildman–Crippen LogP) is 2.54. The Morgan fingerprint density at radius 3 is 2.42 bits per heavy atom. The molecule has 1 aliphatic rings. The molecule has 2 rings (SSSR count). The van der Waals surface area contributed by atoms with Crippen molar-refractivity contribution in [3.05, 3.63) is 29.8 Å². The highest BCUT2D eigenvalue weighted by molar-refractivity contribution is 6.00. The molecule has 0 aliphatic heterocycles. The van der Waals surface area contributed by atoms with Crippen molar-refractivity contribution in [2.24, 2.45) is 17.3 Å². The number of amides is 1. The molecule has 0 saturated heterocycles. The smallest absolute Gasteiger partial charge is 0.307 e. The van der Waals surface area contributed by atoms with E-state index >= 15 is 0 Å². The molecule has 0 radical (unpaired) electrons. The van der Waals surface area contributed by atoms with Gasteiger partial charge < -0.3 is 10.4 Å². The van der Waals surface area contributed by atoms with Crippen molar-refractivity contribution in [1.82, 2.24) is 0 Å². The van der Waals surface area contributed by atoms with Crippen molar-refractivity contribution in [1.29, 1.82) is 0 Å². The highest BCUT2D eigenvalue weighted by atomic mass is 16.4. The number of aliphatic carboxylic acids is 1. The van der Waals surface area contributed by atoms with E-state index in [1.54, 1.807) is 0 Å². The first-order chi connectivity index (χ1) is 8.89. The summed E-state index contributed by atoms with van der Waals surface area (Å²) in [7, 11) is 0. The topological polar surface area (TPSA) is 66.4 Å². The molecule has 0 heterocycles. The number of hydrogen-bond acceptors (Lipinski definition) is 2. The van der Waals surface area contributed by atoms with Gasteiger partial charge in [0, 0.05) is 5.69 Å². The van der Waals surface area contributed by atoms with E-state index in [1.165, 1.54) is 0 Å². The van der Waals surface area contributed by atoms with Gasteiger partial charge >= 0.3 is 5.97 Å². The second-order valence-electron chi connectivity index (χ2n) is 5.61. The lowest BCUT2D eigenvalue weighted by Crippen LogP contribution is -2.18. The quantitative estimate of drug-likeness (QED) is 0.875. The number of hydrogen-bond donors (Lipinski definition) is 2. The molecular weight excluding hydrogens is 242 g/mol. The molecule has 1 fully saturated rings. The second-order valence-corrected chi connectivity index (χ2v) is 5.61. The Balaban J connectivity index is 2.13. The zero-order valence-electron chi connectivity index (χ0n) is 11.4. The maximum atomic E-state index is 12.2. The summed E-state index contributed by atoms with van der Waals surface area (Å²) in [5, 5.41) is 12.0. The van der Waals surface area contributed by atoms with E-state index in [-0.39, 0.29) is 5.91 Å². The fourth-order valence-electron chi connectivity index (χ4n) is 2.75. The molecule has 1 aliphatic carbocycles. The molecule has 4 heteroatoms. The van der Waals surface area contributed by atoms with Crippen LogP contribution >= 0.6 is 0 Å². The molecular formula is C15H19NO3. The summed E-state index contributed by atoms with van der Waals surface area (Å²) >= 11 is 0. The first kappa shape index (κ1) is 13.6. The number of anilines is 1. The Labute approximate surface area is 112 Å². The van der Waals surface area contributed by atoms with E-state index in [9.17, 15) is 9.59 Å². The normalized spacial score (nSPS) is 23.7. The number of nitrogens with one attached hydrogen (secondary N) is 1. The monoisotopic (exact) mass is 261 g/mol. The van der Waals surface area contributed by atoms with Gasteiger partial charge in [-0.1, -0.05) is 39.0 Å². The van der Waals surface area contributed by atoms with Gasteiger partial charge in [-0.25, -0.2) is 0 Å². The summed E-state index contributed by atoms with van der Waals surface area (Å²) in [5.41, 5.74) is 1.37. The Hall–Kier alpha value is -1.84. The van der Waals surface area contributed by atoms with Crippen LogP contribution in [-0.2, 0) is 16.0 Å². The molecule has 0 aromatic heterocycles. The van der Waals surface area contributed by atoms with Crippen LogP contribution in [0.5, 0.6) is 0 Å². The summed E-state index contributed by atoms with van der Waals surface area (Å²) in [6, 6.07) is 7.60. The van der Waals surface area contributed by atoms with E-state index < -0.39 is 23.2 Å². The van der Waals surface area contributed by atoms with Crippen molar-refractivity contribution in [2.45, 2.75) is 27.2 Å². The third-order valence-electron chi connectivity index (χ3n) is 4.03. The highest BCUT2D eigenvalue weighted by Crippen LogP contribution is 2.58.